The molecule has 0 aliphatic rings. The van der Waals surface area contributed by atoms with E-state index in [9.17, 15) is 9.90 Å². The Morgan fingerprint density at radius 3 is 2.89 bits per heavy atom. The zero-order valence-electron chi connectivity index (χ0n) is 10.3. The maximum Gasteiger partial charge on any atom is 0.346 e. The van der Waals surface area contributed by atoms with E-state index in [-0.39, 0.29) is 0 Å². The van der Waals surface area contributed by atoms with Crippen LogP contribution in [0.1, 0.15) is 35.0 Å². The zero-order chi connectivity index (χ0) is 13.0. The summed E-state index contributed by atoms with van der Waals surface area (Å²) in [5.74, 6) is 1.09. The van der Waals surface area contributed by atoms with Crippen molar-refractivity contribution in [3.63, 3.8) is 0 Å². The molecule has 1 aromatic carbocycles. The summed E-state index contributed by atoms with van der Waals surface area (Å²) in [7, 11) is 0. The van der Waals surface area contributed by atoms with Gasteiger partial charge in [-0.2, -0.15) is 11.8 Å². The van der Waals surface area contributed by atoms with Gasteiger partial charge >= 0.3 is 5.97 Å². The molecule has 0 radical (unpaired) electrons. The van der Waals surface area contributed by atoms with E-state index >= 15 is 0 Å². The topological polar surface area (TPSA) is 37.3 Å². The summed E-state index contributed by atoms with van der Waals surface area (Å²) in [6.45, 7) is 2.17. The SMILES string of the molecule is CCCCSCc1c(C(=O)O)sc2ccccc12. The molecular weight excluding hydrogens is 264 g/mol. The number of thioether (sulfide) groups is 1. The molecule has 1 aromatic heterocycles. The summed E-state index contributed by atoms with van der Waals surface area (Å²) >= 11 is 3.21. The minimum absolute atomic E-state index is 0.500. The van der Waals surface area contributed by atoms with Crippen molar-refractivity contribution in [3.8, 4) is 0 Å². The van der Waals surface area contributed by atoms with Gasteiger partial charge in [-0.15, -0.1) is 11.3 Å². The lowest BCUT2D eigenvalue weighted by Crippen LogP contribution is -1.97. The number of benzene rings is 1. The molecule has 1 N–H and O–H groups in total. The third-order valence-electron chi connectivity index (χ3n) is 2.78. The number of unbranched alkanes of at least 4 members (excludes halogenated alkanes) is 1. The first-order chi connectivity index (χ1) is 8.74. The lowest BCUT2D eigenvalue weighted by molar-refractivity contribution is 0.0701. The summed E-state index contributed by atoms with van der Waals surface area (Å²) in [5, 5.41) is 10.4. The first-order valence-electron chi connectivity index (χ1n) is 6.05. The zero-order valence-corrected chi connectivity index (χ0v) is 11.9. The van der Waals surface area contributed by atoms with Crippen molar-refractivity contribution < 1.29 is 9.90 Å². The molecule has 0 spiro atoms. The molecule has 18 heavy (non-hydrogen) atoms. The van der Waals surface area contributed by atoms with Crippen molar-refractivity contribution in [2.45, 2.75) is 25.5 Å². The van der Waals surface area contributed by atoms with Crippen molar-refractivity contribution in [2.24, 2.45) is 0 Å². The number of carboxylic acids is 1. The molecule has 2 nitrogen and oxygen atoms in total. The van der Waals surface area contributed by atoms with E-state index in [4.69, 9.17) is 0 Å². The van der Waals surface area contributed by atoms with Gasteiger partial charge in [0, 0.05) is 10.5 Å². The highest BCUT2D eigenvalue weighted by Gasteiger charge is 2.16. The van der Waals surface area contributed by atoms with Gasteiger partial charge in [0.1, 0.15) is 4.88 Å². The quantitative estimate of drug-likeness (QED) is 0.784. The number of thiophene rings is 1. The predicted octanol–water partition coefficient (Wildman–Crippen LogP) is 4.63. The van der Waals surface area contributed by atoms with Crippen LogP contribution in [-0.2, 0) is 5.75 Å². The maximum atomic E-state index is 11.3. The van der Waals surface area contributed by atoms with Crippen molar-refractivity contribution >= 4 is 39.2 Å². The number of carbonyl (C=O) groups is 1. The first kappa shape index (κ1) is 13.4. The first-order valence-corrected chi connectivity index (χ1v) is 8.02. The summed E-state index contributed by atoms with van der Waals surface area (Å²) in [4.78, 5) is 11.8. The lowest BCUT2D eigenvalue weighted by atomic mass is 10.1. The highest BCUT2D eigenvalue weighted by molar-refractivity contribution is 7.98. The van der Waals surface area contributed by atoms with Crippen LogP contribution in [0.5, 0.6) is 0 Å². The van der Waals surface area contributed by atoms with Gasteiger partial charge in [0.25, 0.3) is 0 Å². The number of rotatable bonds is 6. The van der Waals surface area contributed by atoms with Crippen molar-refractivity contribution in [3.05, 3.63) is 34.7 Å². The van der Waals surface area contributed by atoms with Gasteiger partial charge in [-0.05, 0) is 29.2 Å². The largest absolute Gasteiger partial charge is 0.477 e. The molecule has 0 unspecified atom stereocenters. The fourth-order valence-corrected chi connectivity index (χ4v) is 4.13. The van der Waals surface area contributed by atoms with Gasteiger partial charge in [-0.1, -0.05) is 31.5 Å². The Kier molecular flexibility index (Phi) is 4.66. The van der Waals surface area contributed by atoms with Crippen molar-refractivity contribution in [1.29, 1.82) is 0 Å². The van der Waals surface area contributed by atoms with E-state index in [1.54, 1.807) is 0 Å². The van der Waals surface area contributed by atoms with Crippen LogP contribution in [0, 0.1) is 0 Å². The van der Waals surface area contributed by atoms with E-state index in [1.807, 2.05) is 36.0 Å². The molecule has 2 rings (SSSR count). The van der Waals surface area contributed by atoms with Crippen LogP contribution >= 0.6 is 23.1 Å². The monoisotopic (exact) mass is 280 g/mol. The molecule has 0 aliphatic heterocycles. The van der Waals surface area contributed by atoms with Crippen molar-refractivity contribution in [1.82, 2.24) is 0 Å². The minimum atomic E-state index is -0.803. The summed E-state index contributed by atoms with van der Waals surface area (Å²) in [6.07, 6.45) is 2.37. The molecule has 0 fully saturated rings. The summed E-state index contributed by atoms with van der Waals surface area (Å²) in [5.41, 5.74) is 0.990. The molecule has 4 heteroatoms. The van der Waals surface area contributed by atoms with E-state index in [1.165, 1.54) is 24.2 Å². The second kappa shape index (κ2) is 6.25. The van der Waals surface area contributed by atoms with Crippen LogP contribution in [0.15, 0.2) is 24.3 Å². The summed E-state index contributed by atoms with van der Waals surface area (Å²) < 4.78 is 1.07. The van der Waals surface area contributed by atoms with Gasteiger partial charge < -0.3 is 5.11 Å². The van der Waals surface area contributed by atoms with Crippen LogP contribution in [0.2, 0.25) is 0 Å². The molecule has 0 saturated heterocycles. The third kappa shape index (κ3) is 2.87. The number of fused-ring (bicyclic) bond motifs is 1. The number of carboxylic acid groups (broad SMARTS) is 1. The molecule has 0 atom stereocenters. The number of aromatic carboxylic acids is 1. The second-order valence-corrected chi connectivity index (χ2v) is 6.27. The standard InChI is InChI=1S/C14H16O2S2/c1-2-3-8-17-9-11-10-6-4-5-7-12(10)18-13(11)14(15)16/h4-7H,2-3,8-9H2,1H3,(H,15,16). The highest BCUT2D eigenvalue weighted by Crippen LogP contribution is 2.33. The fraction of sp³-hybridized carbons (Fsp3) is 0.357. The average molecular weight is 280 g/mol. The number of hydrogen-bond acceptors (Lipinski definition) is 3. The minimum Gasteiger partial charge on any atom is -0.477 e. The van der Waals surface area contributed by atoms with E-state index in [0.29, 0.717) is 4.88 Å². The van der Waals surface area contributed by atoms with Crippen LogP contribution in [0.4, 0.5) is 0 Å². The summed E-state index contributed by atoms with van der Waals surface area (Å²) in [6, 6.07) is 7.94. The number of hydrogen-bond donors (Lipinski definition) is 1. The van der Waals surface area contributed by atoms with Crippen LogP contribution in [-0.4, -0.2) is 16.8 Å². The van der Waals surface area contributed by atoms with E-state index in [2.05, 4.69) is 6.92 Å². The van der Waals surface area contributed by atoms with Gasteiger partial charge in [0.05, 0.1) is 0 Å². The van der Waals surface area contributed by atoms with Crippen LogP contribution in [0.3, 0.4) is 0 Å². The molecule has 1 heterocycles. The molecule has 0 amide bonds. The molecule has 96 valence electrons. The van der Waals surface area contributed by atoms with E-state index in [0.717, 1.165) is 27.2 Å². The van der Waals surface area contributed by atoms with Gasteiger partial charge in [-0.3, -0.25) is 0 Å². The molecule has 0 saturated carbocycles. The van der Waals surface area contributed by atoms with Crippen molar-refractivity contribution in [2.75, 3.05) is 5.75 Å². The third-order valence-corrected chi connectivity index (χ3v) is 5.05. The average Bonchev–Trinajstić information content (AvgIpc) is 2.74. The normalized spacial score (nSPS) is 10.9. The Labute approximate surface area is 115 Å². The smallest absolute Gasteiger partial charge is 0.346 e. The highest BCUT2D eigenvalue weighted by atomic mass is 32.2. The fourth-order valence-electron chi connectivity index (χ4n) is 1.84. The second-order valence-electron chi connectivity index (χ2n) is 4.12. The lowest BCUT2D eigenvalue weighted by Gasteiger charge is -2.02. The Morgan fingerprint density at radius 2 is 2.17 bits per heavy atom. The molecular formula is C14H16O2S2. The van der Waals surface area contributed by atoms with Crippen LogP contribution < -0.4 is 0 Å². The van der Waals surface area contributed by atoms with Crippen LogP contribution in [0.25, 0.3) is 10.1 Å². The Balaban J connectivity index is 2.27. The predicted molar refractivity (Wildman–Crippen MR) is 79.9 cm³/mol. The van der Waals surface area contributed by atoms with Gasteiger partial charge in [-0.25, -0.2) is 4.79 Å². The Bertz CT molecular complexity index is 546. The van der Waals surface area contributed by atoms with E-state index < -0.39 is 5.97 Å². The molecule has 2 aromatic rings. The maximum absolute atomic E-state index is 11.3. The van der Waals surface area contributed by atoms with Gasteiger partial charge in [0.2, 0.25) is 0 Å². The molecule has 0 aliphatic carbocycles. The Hall–Kier alpha value is -1.00. The Morgan fingerprint density at radius 1 is 1.39 bits per heavy atom. The molecule has 0 bridgehead atoms. The van der Waals surface area contributed by atoms with Gasteiger partial charge in [0.15, 0.2) is 0 Å².